The number of furan rings is 3. The van der Waals surface area contributed by atoms with E-state index in [1.165, 1.54) is 0 Å². The number of anilines is 3. The molecule has 0 aliphatic rings. The van der Waals surface area contributed by atoms with Crippen molar-refractivity contribution in [2.75, 3.05) is 4.90 Å². The molecule has 0 spiro atoms. The van der Waals surface area contributed by atoms with Crippen molar-refractivity contribution in [3.05, 3.63) is 176 Å². The molecule has 244 valence electrons. The van der Waals surface area contributed by atoms with Crippen LogP contribution in [0.5, 0.6) is 0 Å². The fourth-order valence-electron chi connectivity index (χ4n) is 7.85. The summed E-state index contributed by atoms with van der Waals surface area (Å²) in [6, 6.07) is 61.2. The van der Waals surface area contributed by atoms with Gasteiger partial charge in [-0.2, -0.15) is 0 Å². The number of hydrogen-bond acceptors (Lipinski definition) is 4. The topological polar surface area (TPSA) is 42.7 Å². The molecular weight excluding hydrogens is 639 g/mol. The van der Waals surface area contributed by atoms with Gasteiger partial charge in [0.1, 0.15) is 33.5 Å². The van der Waals surface area contributed by atoms with E-state index in [9.17, 15) is 0 Å². The fraction of sp³-hybridized carbons (Fsp3) is 0. The van der Waals surface area contributed by atoms with Crippen LogP contribution in [0.15, 0.2) is 189 Å². The van der Waals surface area contributed by atoms with Gasteiger partial charge in [-0.15, -0.1) is 0 Å². The molecule has 0 unspecified atom stereocenters. The highest BCUT2D eigenvalue weighted by molar-refractivity contribution is 6.15. The number of para-hydroxylation sites is 4. The van der Waals surface area contributed by atoms with Gasteiger partial charge < -0.3 is 18.2 Å². The molecule has 3 heterocycles. The standard InChI is InChI=1S/C48H29NO3/c1-3-11-33(12-4-1)49(34-13-5-2-6-14-34)41-18-10-20-43-47(41)40-26-22-31(28-46(40)50-43)30-21-24-37-38-25-23-32(29-45(38)51-44(37)27-30)35-16-9-17-39-36-15-7-8-19-42(36)52-48(35)39/h1-29H. The lowest BCUT2D eigenvalue weighted by Crippen LogP contribution is -2.09. The molecule has 11 aromatic rings. The summed E-state index contributed by atoms with van der Waals surface area (Å²) in [6.45, 7) is 0. The molecular formula is C48H29NO3. The monoisotopic (exact) mass is 667 g/mol. The molecule has 0 N–H and O–H groups in total. The van der Waals surface area contributed by atoms with Crippen LogP contribution in [-0.2, 0) is 0 Å². The summed E-state index contributed by atoms with van der Waals surface area (Å²) in [7, 11) is 0. The lowest BCUT2D eigenvalue weighted by atomic mass is 9.99. The summed E-state index contributed by atoms with van der Waals surface area (Å²) < 4.78 is 19.5. The van der Waals surface area contributed by atoms with Crippen LogP contribution in [0.1, 0.15) is 0 Å². The van der Waals surface area contributed by atoms with Crippen molar-refractivity contribution < 1.29 is 13.3 Å². The van der Waals surface area contributed by atoms with Crippen LogP contribution in [-0.4, -0.2) is 0 Å². The first kappa shape index (κ1) is 28.8. The Kier molecular flexibility index (Phi) is 6.22. The Morgan fingerprint density at radius 1 is 0.327 bits per heavy atom. The number of fused-ring (bicyclic) bond motifs is 9. The SMILES string of the molecule is c1ccc(N(c2ccccc2)c2cccc3oc4cc(-c5ccc6c(c5)oc5cc(-c7cccc8c7oc7ccccc78)ccc56)ccc4c23)cc1. The Morgan fingerprint density at radius 2 is 0.846 bits per heavy atom. The van der Waals surface area contributed by atoms with Crippen molar-refractivity contribution in [1.29, 1.82) is 0 Å². The summed E-state index contributed by atoms with van der Waals surface area (Å²) in [5.41, 5.74) is 12.7. The Hall–Kier alpha value is -7.04. The zero-order chi connectivity index (χ0) is 34.2. The second kappa shape index (κ2) is 11.2. The predicted molar refractivity (Wildman–Crippen MR) is 214 cm³/mol. The summed E-state index contributed by atoms with van der Waals surface area (Å²) >= 11 is 0. The minimum Gasteiger partial charge on any atom is -0.456 e. The van der Waals surface area contributed by atoms with Gasteiger partial charge in [-0.05, 0) is 95.6 Å². The van der Waals surface area contributed by atoms with Gasteiger partial charge in [0.25, 0.3) is 0 Å². The normalized spacial score (nSPS) is 11.8. The minimum absolute atomic E-state index is 0.843. The first-order valence-corrected chi connectivity index (χ1v) is 17.5. The van der Waals surface area contributed by atoms with Crippen molar-refractivity contribution in [3.63, 3.8) is 0 Å². The van der Waals surface area contributed by atoms with Crippen LogP contribution in [0.2, 0.25) is 0 Å². The predicted octanol–water partition coefficient (Wildman–Crippen LogP) is 14.2. The van der Waals surface area contributed by atoms with E-state index in [1.54, 1.807) is 0 Å². The van der Waals surface area contributed by atoms with E-state index >= 15 is 0 Å². The highest BCUT2D eigenvalue weighted by Crippen LogP contribution is 2.44. The molecule has 0 aliphatic heterocycles. The quantitative estimate of drug-likeness (QED) is 0.183. The lowest BCUT2D eigenvalue weighted by molar-refractivity contribution is 0.667. The molecule has 0 radical (unpaired) electrons. The van der Waals surface area contributed by atoms with E-state index in [1.807, 2.05) is 24.3 Å². The van der Waals surface area contributed by atoms with Crippen LogP contribution >= 0.6 is 0 Å². The van der Waals surface area contributed by atoms with Gasteiger partial charge in [0.2, 0.25) is 0 Å². The van der Waals surface area contributed by atoms with Gasteiger partial charge in [-0.3, -0.25) is 0 Å². The van der Waals surface area contributed by atoms with E-state index < -0.39 is 0 Å². The molecule has 52 heavy (non-hydrogen) atoms. The Labute approximate surface area is 298 Å². The van der Waals surface area contributed by atoms with Crippen LogP contribution in [0, 0.1) is 0 Å². The largest absolute Gasteiger partial charge is 0.456 e. The van der Waals surface area contributed by atoms with E-state index in [4.69, 9.17) is 13.3 Å². The van der Waals surface area contributed by atoms with Crippen LogP contribution in [0.25, 0.3) is 88.1 Å². The smallest absolute Gasteiger partial charge is 0.143 e. The molecule has 11 rings (SSSR count). The van der Waals surface area contributed by atoms with E-state index in [2.05, 4.69) is 157 Å². The first-order valence-electron chi connectivity index (χ1n) is 17.5. The zero-order valence-electron chi connectivity index (χ0n) is 27.9. The molecule has 8 aromatic carbocycles. The van der Waals surface area contributed by atoms with Gasteiger partial charge in [-0.25, -0.2) is 0 Å². The van der Waals surface area contributed by atoms with E-state index in [0.717, 1.165) is 105 Å². The molecule has 0 fully saturated rings. The maximum absolute atomic E-state index is 6.56. The summed E-state index contributed by atoms with van der Waals surface area (Å²) in [5, 5.41) is 6.57. The first-order chi connectivity index (χ1) is 25.8. The van der Waals surface area contributed by atoms with E-state index in [0.29, 0.717) is 0 Å². The highest BCUT2D eigenvalue weighted by atomic mass is 16.3. The molecule has 4 heteroatoms. The molecule has 0 bridgehead atoms. The van der Waals surface area contributed by atoms with Gasteiger partial charge in [0.15, 0.2) is 0 Å². The average molecular weight is 668 g/mol. The average Bonchev–Trinajstić information content (AvgIpc) is 3.89. The maximum atomic E-state index is 6.56. The minimum atomic E-state index is 0.843. The van der Waals surface area contributed by atoms with E-state index in [-0.39, 0.29) is 0 Å². The van der Waals surface area contributed by atoms with Crippen molar-refractivity contribution in [2.45, 2.75) is 0 Å². The third-order valence-electron chi connectivity index (χ3n) is 10.3. The Bertz CT molecular complexity index is 3090. The van der Waals surface area contributed by atoms with Crippen LogP contribution < -0.4 is 4.90 Å². The van der Waals surface area contributed by atoms with Crippen molar-refractivity contribution in [3.8, 4) is 22.3 Å². The van der Waals surface area contributed by atoms with Gasteiger partial charge >= 0.3 is 0 Å². The third kappa shape index (κ3) is 4.41. The Balaban J connectivity index is 1.000. The molecule has 0 saturated carbocycles. The number of hydrogen-bond donors (Lipinski definition) is 0. The highest BCUT2D eigenvalue weighted by Gasteiger charge is 2.20. The summed E-state index contributed by atoms with van der Waals surface area (Å²) in [4.78, 5) is 2.29. The number of nitrogens with zero attached hydrogens (tertiary/aromatic N) is 1. The van der Waals surface area contributed by atoms with Crippen molar-refractivity contribution in [2.24, 2.45) is 0 Å². The van der Waals surface area contributed by atoms with Crippen molar-refractivity contribution >= 4 is 82.9 Å². The fourth-order valence-corrected chi connectivity index (χ4v) is 7.85. The second-order valence-corrected chi connectivity index (χ2v) is 13.3. The van der Waals surface area contributed by atoms with Gasteiger partial charge in [-0.1, -0.05) is 97.1 Å². The molecule has 0 amide bonds. The summed E-state index contributed by atoms with van der Waals surface area (Å²) in [5.74, 6) is 0. The number of rotatable bonds is 5. The van der Waals surface area contributed by atoms with Crippen LogP contribution in [0.4, 0.5) is 17.1 Å². The van der Waals surface area contributed by atoms with Crippen LogP contribution in [0.3, 0.4) is 0 Å². The molecule has 0 aliphatic carbocycles. The molecule has 3 aromatic heterocycles. The van der Waals surface area contributed by atoms with Crippen molar-refractivity contribution in [1.82, 2.24) is 0 Å². The zero-order valence-corrected chi connectivity index (χ0v) is 27.9. The maximum Gasteiger partial charge on any atom is 0.143 e. The summed E-state index contributed by atoms with van der Waals surface area (Å²) in [6.07, 6.45) is 0. The molecule has 4 nitrogen and oxygen atoms in total. The molecule has 0 saturated heterocycles. The van der Waals surface area contributed by atoms with Gasteiger partial charge in [0.05, 0.1) is 11.1 Å². The second-order valence-electron chi connectivity index (χ2n) is 13.3. The van der Waals surface area contributed by atoms with Gasteiger partial charge in [0, 0.05) is 43.9 Å². The molecule has 0 atom stereocenters. The third-order valence-corrected chi connectivity index (χ3v) is 10.3. The lowest BCUT2D eigenvalue weighted by Gasteiger charge is -2.26. The Morgan fingerprint density at radius 3 is 1.58 bits per heavy atom. The number of benzene rings is 8.